The zero-order chi connectivity index (χ0) is 17.4. The minimum Gasteiger partial charge on any atom is -0.368 e. The number of aromatic nitrogens is 1. The maximum absolute atomic E-state index is 5.24. The van der Waals surface area contributed by atoms with E-state index in [9.17, 15) is 0 Å². The van der Waals surface area contributed by atoms with Crippen LogP contribution in [0.3, 0.4) is 0 Å². The average Bonchev–Trinajstić information content (AvgIpc) is 2.93. The van der Waals surface area contributed by atoms with Gasteiger partial charge in [0.05, 0.1) is 16.9 Å². The second-order valence-electron chi connectivity index (χ2n) is 9.18. The van der Waals surface area contributed by atoms with Gasteiger partial charge in [-0.2, -0.15) is 0 Å². The predicted molar refractivity (Wildman–Crippen MR) is 105 cm³/mol. The van der Waals surface area contributed by atoms with Gasteiger partial charge in [-0.1, -0.05) is 39.0 Å². The number of para-hydroxylation sites is 1. The van der Waals surface area contributed by atoms with Crippen LogP contribution in [0.2, 0.25) is 0 Å². The maximum atomic E-state index is 5.24. The number of benzene rings is 1. The van der Waals surface area contributed by atoms with E-state index in [1.807, 2.05) is 0 Å². The average molecular weight is 335 g/mol. The summed E-state index contributed by atoms with van der Waals surface area (Å²) in [7, 11) is 2.23. The molecule has 0 amide bonds. The SMILES string of the molecule is CN1CCN(c2c3c(nc4ccccc24)[C@]2(C)CC[C@H]3C2(C)C)CC1. The molecular formula is C22H29N3. The van der Waals surface area contributed by atoms with E-state index < -0.39 is 0 Å². The Balaban J connectivity index is 1.79. The summed E-state index contributed by atoms with van der Waals surface area (Å²) in [5, 5.41) is 1.36. The van der Waals surface area contributed by atoms with Gasteiger partial charge in [0, 0.05) is 42.5 Å². The highest BCUT2D eigenvalue weighted by Crippen LogP contribution is 2.69. The van der Waals surface area contributed by atoms with Crippen LogP contribution in [0, 0.1) is 5.41 Å². The van der Waals surface area contributed by atoms with Crippen molar-refractivity contribution in [1.29, 1.82) is 0 Å². The van der Waals surface area contributed by atoms with Gasteiger partial charge in [-0.05, 0) is 37.3 Å². The molecule has 1 saturated carbocycles. The van der Waals surface area contributed by atoms with Crippen LogP contribution < -0.4 is 4.90 Å². The van der Waals surface area contributed by atoms with Gasteiger partial charge < -0.3 is 9.80 Å². The largest absolute Gasteiger partial charge is 0.368 e. The summed E-state index contributed by atoms with van der Waals surface area (Å²) in [4.78, 5) is 10.3. The third-order valence-electron chi connectivity index (χ3n) is 7.82. The summed E-state index contributed by atoms with van der Waals surface area (Å²) in [6.45, 7) is 12.0. The second kappa shape index (κ2) is 4.97. The van der Waals surface area contributed by atoms with Crippen LogP contribution in [-0.2, 0) is 5.41 Å². The van der Waals surface area contributed by atoms with Crippen molar-refractivity contribution in [3.05, 3.63) is 35.5 Å². The van der Waals surface area contributed by atoms with Crippen LogP contribution >= 0.6 is 0 Å². The lowest BCUT2D eigenvalue weighted by molar-refractivity contribution is 0.227. The number of rotatable bonds is 1. The number of likely N-dealkylation sites (N-methyl/N-ethyl adjacent to an activating group) is 1. The van der Waals surface area contributed by atoms with Crippen molar-refractivity contribution in [2.75, 3.05) is 38.1 Å². The number of anilines is 1. The third-order valence-corrected chi connectivity index (χ3v) is 7.82. The van der Waals surface area contributed by atoms with Gasteiger partial charge in [0.2, 0.25) is 0 Å². The van der Waals surface area contributed by atoms with Gasteiger partial charge in [0.15, 0.2) is 0 Å². The summed E-state index contributed by atoms with van der Waals surface area (Å²) in [5.74, 6) is 0.652. The Hall–Kier alpha value is -1.61. The van der Waals surface area contributed by atoms with E-state index in [-0.39, 0.29) is 5.41 Å². The molecule has 5 rings (SSSR count). The van der Waals surface area contributed by atoms with E-state index in [1.54, 1.807) is 5.56 Å². The number of hydrogen-bond acceptors (Lipinski definition) is 3. The first-order chi connectivity index (χ1) is 11.9. The fraction of sp³-hybridized carbons (Fsp3) is 0.591. The Labute approximate surface area is 151 Å². The second-order valence-corrected chi connectivity index (χ2v) is 9.18. The molecule has 2 aromatic rings. The molecule has 25 heavy (non-hydrogen) atoms. The minimum absolute atomic E-state index is 0.221. The Morgan fingerprint density at radius 1 is 1.04 bits per heavy atom. The molecule has 1 aromatic carbocycles. The summed E-state index contributed by atoms with van der Waals surface area (Å²) in [6, 6.07) is 8.81. The highest BCUT2D eigenvalue weighted by atomic mass is 15.3. The summed E-state index contributed by atoms with van der Waals surface area (Å²) >= 11 is 0. The fourth-order valence-electron chi connectivity index (χ4n) is 5.76. The monoisotopic (exact) mass is 335 g/mol. The van der Waals surface area contributed by atoms with Gasteiger partial charge >= 0.3 is 0 Å². The van der Waals surface area contributed by atoms with Gasteiger partial charge in [0.25, 0.3) is 0 Å². The molecule has 2 atom stereocenters. The minimum atomic E-state index is 0.221. The van der Waals surface area contributed by atoms with Gasteiger partial charge in [-0.15, -0.1) is 0 Å². The van der Waals surface area contributed by atoms with Crippen molar-refractivity contribution < 1.29 is 0 Å². The smallest absolute Gasteiger partial charge is 0.0726 e. The number of piperazine rings is 1. The van der Waals surface area contributed by atoms with Crippen molar-refractivity contribution in [2.45, 2.75) is 44.9 Å². The van der Waals surface area contributed by atoms with E-state index in [0.29, 0.717) is 11.3 Å². The van der Waals surface area contributed by atoms with Crippen LogP contribution in [-0.4, -0.2) is 43.1 Å². The Bertz CT molecular complexity index is 848. The first kappa shape index (κ1) is 15.6. The molecule has 0 unspecified atom stereocenters. The van der Waals surface area contributed by atoms with E-state index in [1.165, 1.54) is 35.1 Å². The number of nitrogens with zero attached hydrogens (tertiary/aromatic N) is 3. The summed E-state index contributed by atoms with van der Waals surface area (Å²) in [6.07, 6.45) is 2.60. The Kier molecular flexibility index (Phi) is 3.11. The molecule has 1 aromatic heterocycles. The molecule has 1 aliphatic heterocycles. The summed E-state index contributed by atoms with van der Waals surface area (Å²) < 4.78 is 0. The molecule has 3 nitrogen and oxygen atoms in total. The van der Waals surface area contributed by atoms with Crippen molar-refractivity contribution in [3.8, 4) is 0 Å². The molecule has 2 fully saturated rings. The molecule has 3 heteroatoms. The van der Waals surface area contributed by atoms with Crippen molar-refractivity contribution in [2.24, 2.45) is 5.41 Å². The van der Waals surface area contributed by atoms with Crippen LogP contribution in [0.15, 0.2) is 24.3 Å². The lowest BCUT2D eigenvalue weighted by Gasteiger charge is -2.37. The molecule has 2 heterocycles. The molecule has 1 saturated heterocycles. The lowest BCUT2D eigenvalue weighted by Crippen LogP contribution is -2.45. The maximum Gasteiger partial charge on any atom is 0.0726 e. The van der Waals surface area contributed by atoms with E-state index in [4.69, 9.17) is 4.98 Å². The molecule has 0 spiro atoms. The van der Waals surface area contributed by atoms with Gasteiger partial charge in [0.1, 0.15) is 0 Å². The van der Waals surface area contributed by atoms with E-state index in [0.717, 1.165) is 26.2 Å². The first-order valence-electron chi connectivity index (χ1n) is 9.80. The highest BCUT2D eigenvalue weighted by molar-refractivity contribution is 5.95. The molecule has 2 bridgehead atoms. The van der Waals surface area contributed by atoms with Crippen LogP contribution in [0.5, 0.6) is 0 Å². The van der Waals surface area contributed by atoms with Crippen molar-refractivity contribution in [1.82, 2.24) is 9.88 Å². The molecule has 0 N–H and O–H groups in total. The van der Waals surface area contributed by atoms with Crippen LogP contribution in [0.1, 0.15) is 50.8 Å². The molecule has 2 aliphatic carbocycles. The summed E-state index contributed by atoms with van der Waals surface area (Å²) in [5.41, 5.74) is 6.21. The normalized spacial score (nSPS) is 30.9. The highest BCUT2D eigenvalue weighted by Gasteiger charge is 2.61. The first-order valence-corrected chi connectivity index (χ1v) is 9.80. The topological polar surface area (TPSA) is 19.4 Å². The van der Waals surface area contributed by atoms with Crippen molar-refractivity contribution >= 4 is 16.6 Å². The Morgan fingerprint density at radius 3 is 2.52 bits per heavy atom. The number of hydrogen-bond donors (Lipinski definition) is 0. The number of pyridine rings is 1. The van der Waals surface area contributed by atoms with Crippen LogP contribution in [0.4, 0.5) is 5.69 Å². The fourth-order valence-corrected chi connectivity index (χ4v) is 5.76. The standard InChI is InChI=1S/C22H29N3/c1-21(2)16-9-10-22(21,3)20-18(16)19(25-13-11-24(4)12-14-25)15-7-5-6-8-17(15)23-20/h5-8,16H,9-14H2,1-4H3/t16-,22+/m1/s1. The van der Waals surface area contributed by atoms with Crippen molar-refractivity contribution in [3.63, 3.8) is 0 Å². The van der Waals surface area contributed by atoms with E-state index in [2.05, 4.69) is 61.9 Å². The molecule has 132 valence electrons. The van der Waals surface area contributed by atoms with Gasteiger partial charge in [-0.25, -0.2) is 0 Å². The van der Waals surface area contributed by atoms with E-state index >= 15 is 0 Å². The predicted octanol–water partition coefficient (Wildman–Crippen LogP) is 4.16. The molecule has 0 radical (unpaired) electrons. The lowest BCUT2D eigenvalue weighted by atomic mass is 9.70. The number of fused-ring (bicyclic) bond motifs is 6. The quantitative estimate of drug-likeness (QED) is 0.780. The zero-order valence-corrected chi connectivity index (χ0v) is 16.0. The molecule has 3 aliphatic rings. The van der Waals surface area contributed by atoms with Crippen LogP contribution in [0.25, 0.3) is 10.9 Å². The zero-order valence-electron chi connectivity index (χ0n) is 16.0. The van der Waals surface area contributed by atoms with Gasteiger partial charge in [-0.3, -0.25) is 4.98 Å². The Morgan fingerprint density at radius 2 is 1.76 bits per heavy atom. The molecular weight excluding hydrogens is 306 g/mol. The third kappa shape index (κ3) is 1.88.